The Balaban J connectivity index is 3.23. The molecule has 0 rings (SSSR count). The molecule has 0 radical (unpaired) electrons. The fourth-order valence-corrected chi connectivity index (χ4v) is 2.81. The molecule has 0 amide bonds. The summed E-state index contributed by atoms with van der Waals surface area (Å²) in [4.78, 5) is 11.5. The third-order valence-corrected chi connectivity index (χ3v) is 4.64. The summed E-state index contributed by atoms with van der Waals surface area (Å²) in [7, 11) is 0. The van der Waals surface area contributed by atoms with Gasteiger partial charge in [-0.3, -0.25) is 4.79 Å². The number of hydrogen-bond donors (Lipinski definition) is 0. The molecule has 0 aliphatic heterocycles. The summed E-state index contributed by atoms with van der Waals surface area (Å²) in [6.07, 6.45) is 16.1. The van der Waals surface area contributed by atoms with Gasteiger partial charge in [-0.2, -0.15) is 0 Å². The van der Waals surface area contributed by atoms with Crippen LogP contribution in [0.5, 0.6) is 0 Å². The van der Waals surface area contributed by atoms with Crippen molar-refractivity contribution in [3.05, 3.63) is 0 Å². The van der Waals surface area contributed by atoms with Crippen molar-refractivity contribution in [2.75, 3.05) is 6.61 Å². The number of carbonyl (C=O) groups is 1. The van der Waals surface area contributed by atoms with E-state index in [1.165, 1.54) is 57.8 Å². The Morgan fingerprint density at radius 2 is 1.29 bits per heavy atom. The van der Waals surface area contributed by atoms with Gasteiger partial charge in [0.15, 0.2) is 0 Å². The highest BCUT2D eigenvalue weighted by Crippen LogP contribution is 2.13. The lowest BCUT2D eigenvalue weighted by atomic mass is 10.1. The van der Waals surface area contributed by atoms with Crippen LogP contribution >= 0.6 is 15.9 Å². The lowest BCUT2D eigenvalue weighted by Gasteiger charge is -2.09. The van der Waals surface area contributed by atoms with Crippen molar-refractivity contribution >= 4 is 21.9 Å². The van der Waals surface area contributed by atoms with Gasteiger partial charge in [-0.15, -0.1) is 0 Å². The van der Waals surface area contributed by atoms with Gasteiger partial charge < -0.3 is 4.74 Å². The first-order valence-electron chi connectivity index (χ1n) is 9.03. The zero-order valence-corrected chi connectivity index (χ0v) is 15.8. The minimum atomic E-state index is -0.111. The van der Waals surface area contributed by atoms with Crippen molar-refractivity contribution in [2.24, 2.45) is 0 Å². The normalized spacial score (nSPS) is 12.3. The van der Waals surface area contributed by atoms with E-state index in [2.05, 4.69) is 29.8 Å². The van der Waals surface area contributed by atoms with Crippen LogP contribution in [0, 0.1) is 0 Å². The molecule has 1 unspecified atom stereocenters. The zero-order chi connectivity index (χ0) is 15.8. The quantitative estimate of drug-likeness (QED) is 0.191. The highest BCUT2D eigenvalue weighted by Gasteiger charge is 2.14. The van der Waals surface area contributed by atoms with Crippen molar-refractivity contribution in [1.29, 1.82) is 0 Å². The molecule has 0 heterocycles. The molecule has 0 N–H and O–H groups in total. The van der Waals surface area contributed by atoms with Gasteiger partial charge in [0.1, 0.15) is 4.83 Å². The fraction of sp³-hybridized carbons (Fsp3) is 0.944. The third-order valence-electron chi connectivity index (χ3n) is 3.81. The summed E-state index contributed by atoms with van der Waals surface area (Å²) in [5, 5.41) is 0. The number of ether oxygens (including phenoxy) is 1. The Kier molecular flexibility index (Phi) is 16.3. The topological polar surface area (TPSA) is 26.3 Å². The second-order valence-electron chi connectivity index (χ2n) is 5.96. The van der Waals surface area contributed by atoms with Gasteiger partial charge in [-0.1, -0.05) is 100 Å². The number of rotatable bonds is 15. The largest absolute Gasteiger partial charge is 0.465 e. The van der Waals surface area contributed by atoms with Crippen molar-refractivity contribution in [3.8, 4) is 0 Å². The van der Waals surface area contributed by atoms with E-state index < -0.39 is 0 Å². The molecular weight excluding hydrogens is 328 g/mol. The first-order valence-corrected chi connectivity index (χ1v) is 9.94. The molecule has 2 nitrogen and oxygen atoms in total. The number of carbonyl (C=O) groups excluding carboxylic acids is 1. The molecule has 0 saturated heterocycles. The Hall–Kier alpha value is -0.0500. The van der Waals surface area contributed by atoms with Gasteiger partial charge >= 0.3 is 5.97 Å². The summed E-state index contributed by atoms with van der Waals surface area (Å²) in [6.45, 7) is 4.98. The van der Waals surface area contributed by atoms with Crippen LogP contribution in [0.1, 0.15) is 97.3 Å². The molecule has 0 saturated carbocycles. The second kappa shape index (κ2) is 16.3. The maximum absolute atomic E-state index is 11.6. The Bertz CT molecular complexity index is 231. The van der Waals surface area contributed by atoms with Gasteiger partial charge in [0.05, 0.1) is 6.61 Å². The standard InChI is InChI=1S/C18H35BrO2/c1-3-5-7-8-9-10-11-12-13-14-16-21-18(20)17(19)15-6-4-2/h17H,3-16H2,1-2H3. The Morgan fingerprint density at radius 3 is 1.81 bits per heavy atom. The fourth-order valence-electron chi connectivity index (χ4n) is 2.35. The van der Waals surface area contributed by atoms with Gasteiger partial charge in [-0.25, -0.2) is 0 Å². The van der Waals surface area contributed by atoms with E-state index in [0.29, 0.717) is 6.61 Å². The van der Waals surface area contributed by atoms with Crippen molar-refractivity contribution in [3.63, 3.8) is 0 Å². The van der Waals surface area contributed by atoms with Gasteiger partial charge in [0.2, 0.25) is 0 Å². The SMILES string of the molecule is CCCCCCCCCCCCOC(=O)C(Br)CCCC. The van der Waals surface area contributed by atoms with E-state index in [9.17, 15) is 4.79 Å². The number of hydrogen-bond acceptors (Lipinski definition) is 2. The molecule has 1 atom stereocenters. The number of halogens is 1. The molecule has 0 aromatic carbocycles. The highest BCUT2D eigenvalue weighted by atomic mass is 79.9. The maximum atomic E-state index is 11.6. The van der Waals surface area contributed by atoms with E-state index in [4.69, 9.17) is 4.74 Å². The van der Waals surface area contributed by atoms with Gasteiger partial charge in [0, 0.05) is 0 Å². The molecule has 0 aliphatic rings. The van der Waals surface area contributed by atoms with Gasteiger partial charge in [-0.05, 0) is 12.8 Å². The highest BCUT2D eigenvalue weighted by molar-refractivity contribution is 9.10. The minimum absolute atomic E-state index is 0.0839. The average molecular weight is 363 g/mol. The van der Waals surface area contributed by atoms with E-state index >= 15 is 0 Å². The van der Waals surface area contributed by atoms with Crippen LogP contribution in [-0.4, -0.2) is 17.4 Å². The average Bonchev–Trinajstić information content (AvgIpc) is 2.49. The lowest BCUT2D eigenvalue weighted by Crippen LogP contribution is -2.17. The van der Waals surface area contributed by atoms with Gasteiger partial charge in [0.25, 0.3) is 0 Å². The van der Waals surface area contributed by atoms with E-state index in [1.54, 1.807) is 0 Å². The maximum Gasteiger partial charge on any atom is 0.319 e. The smallest absolute Gasteiger partial charge is 0.319 e. The van der Waals surface area contributed by atoms with Crippen LogP contribution in [0.15, 0.2) is 0 Å². The predicted octanol–water partition coefficient (Wildman–Crippen LogP) is 6.40. The molecule has 0 spiro atoms. The van der Waals surface area contributed by atoms with Crippen LogP contribution in [0.3, 0.4) is 0 Å². The molecule has 3 heteroatoms. The van der Waals surface area contributed by atoms with Crippen LogP contribution in [0.4, 0.5) is 0 Å². The molecule has 126 valence electrons. The van der Waals surface area contributed by atoms with Crippen LogP contribution in [0.25, 0.3) is 0 Å². The van der Waals surface area contributed by atoms with Crippen molar-refractivity contribution in [1.82, 2.24) is 0 Å². The zero-order valence-electron chi connectivity index (χ0n) is 14.2. The first-order chi connectivity index (χ1) is 10.2. The second-order valence-corrected chi connectivity index (χ2v) is 7.06. The van der Waals surface area contributed by atoms with Crippen LogP contribution in [-0.2, 0) is 9.53 Å². The summed E-state index contributed by atoms with van der Waals surface area (Å²) < 4.78 is 5.29. The van der Waals surface area contributed by atoms with Crippen molar-refractivity contribution in [2.45, 2.75) is 102 Å². The molecule has 0 aliphatic carbocycles. The third kappa shape index (κ3) is 14.6. The predicted molar refractivity (Wildman–Crippen MR) is 95.0 cm³/mol. The van der Waals surface area contributed by atoms with Crippen molar-refractivity contribution < 1.29 is 9.53 Å². The Labute approximate surface area is 140 Å². The summed E-state index contributed by atoms with van der Waals surface area (Å²) in [6, 6.07) is 0. The molecule has 0 aromatic rings. The molecule has 21 heavy (non-hydrogen) atoms. The molecule has 0 aromatic heterocycles. The summed E-state index contributed by atoms with van der Waals surface area (Å²) in [5.74, 6) is -0.0839. The van der Waals surface area contributed by atoms with E-state index in [1.807, 2.05) is 0 Å². The number of unbranched alkanes of at least 4 members (excludes halogenated alkanes) is 10. The summed E-state index contributed by atoms with van der Waals surface area (Å²) >= 11 is 3.40. The minimum Gasteiger partial charge on any atom is -0.465 e. The molecule has 0 bridgehead atoms. The number of esters is 1. The van der Waals surface area contributed by atoms with E-state index in [0.717, 1.165) is 25.7 Å². The summed E-state index contributed by atoms with van der Waals surface area (Å²) in [5.41, 5.74) is 0. The van der Waals surface area contributed by atoms with Crippen LogP contribution in [0.2, 0.25) is 0 Å². The van der Waals surface area contributed by atoms with Crippen LogP contribution < -0.4 is 0 Å². The molecular formula is C18H35BrO2. The number of alkyl halides is 1. The monoisotopic (exact) mass is 362 g/mol. The Morgan fingerprint density at radius 1 is 0.810 bits per heavy atom. The first kappa shape index (κ1) is 20.9. The molecule has 0 fully saturated rings. The van der Waals surface area contributed by atoms with E-state index in [-0.39, 0.29) is 10.8 Å². The lowest BCUT2D eigenvalue weighted by molar-refractivity contribution is -0.143.